The molecule has 1 rings (SSSR count). The summed E-state index contributed by atoms with van der Waals surface area (Å²) in [6.45, 7) is 8.92. The number of hydrogen-bond acceptors (Lipinski definition) is 4. The summed E-state index contributed by atoms with van der Waals surface area (Å²) in [5, 5.41) is 3.52. The zero-order valence-corrected chi connectivity index (χ0v) is 11.7. The Kier molecular flexibility index (Phi) is 7.04. The molecule has 1 fully saturated rings. The van der Waals surface area contributed by atoms with Crippen LogP contribution < -0.4 is 5.32 Å². The quantitative estimate of drug-likeness (QED) is 0.685. The van der Waals surface area contributed by atoms with E-state index in [2.05, 4.69) is 24.1 Å². The van der Waals surface area contributed by atoms with Crippen LogP contribution in [-0.2, 0) is 9.47 Å². The number of nitrogens with one attached hydrogen (secondary N) is 1. The van der Waals surface area contributed by atoms with Gasteiger partial charge in [0, 0.05) is 33.4 Å². The molecule has 1 aliphatic heterocycles. The predicted molar refractivity (Wildman–Crippen MR) is 70.1 cm³/mol. The Morgan fingerprint density at radius 3 is 2.65 bits per heavy atom. The van der Waals surface area contributed by atoms with Crippen molar-refractivity contribution in [3.05, 3.63) is 0 Å². The SMILES string of the molecule is CCN1CCCC(C(C)NCC(OC)OC)C1. The van der Waals surface area contributed by atoms with Crippen LogP contribution in [0.25, 0.3) is 0 Å². The highest BCUT2D eigenvalue weighted by molar-refractivity contribution is 4.80. The summed E-state index contributed by atoms with van der Waals surface area (Å²) in [6.07, 6.45) is 2.51. The van der Waals surface area contributed by atoms with Crippen LogP contribution in [0.5, 0.6) is 0 Å². The third-order valence-electron chi connectivity index (χ3n) is 3.83. The van der Waals surface area contributed by atoms with Gasteiger partial charge in [-0.15, -0.1) is 0 Å². The number of hydrogen-bond donors (Lipinski definition) is 1. The fraction of sp³-hybridized carbons (Fsp3) is 1.00. The Morgan fingerprint density at radius 1 is 1.35 bits per heavy atom. The van der Waals surface area contributed by atoms with Gasteiger partial charge < -0.3 is 19.7 Å². The number of likely N-dealkylation sites (tertiary alicyclic amines) is 1. The van der Waals surface area contributed by atoms with Crippen molar-refractivity contribution in [2.45, 2.75) is 39.0 Å². The van der Waals surface area contributed by atoms with E-state index in [1.807, 2.05) is 0 Å². The van der Waals surface area contributed by atoms with E-state index in [0.717, 1.165) is 12.5 Å². The minimum Gasteiger partial charge on any atom is -0.355 e. The minimum absolute atomic E-state index is 0.136. The lowest BCUT2D eigenvalue weighted by atomic mass is 9.91. The molecule has 0 aromatic carbocycles. The lowest BCUT2D eigenvalue weighted by Crippen LogP contribution is -2.46. The summed E-state index contributed by atoms with van der Waals surface area (Å²) in [7, 11) is 3.36. The first-order valence-corrected chi connectivity index (χ1v) is 6.72. The summed E-state index contributed by atoms with van der Waals surface area (Å²) in [5.74, 6) is 0.748. The van der Waals surface area contributed by atoms with Gasteiger partial charge >= 0.3 is 0 Å². The molecule has 0 spiro atoms. The molecule has 0 aliphatic carbocycles. The van der Waals surface area contributed by atoms with Gasteiger partial charge in [-0.05, 0) is 38.8 Å². The van der Waals surface area contributed by atoms with E-state index >= 15 is 0 Å². The molecule has 0 radical (unpaired) electrons. The van der Waals surface area contributed by atoms with E-state index < -0.39 is 0 Å². The fourth-order valence-corrected chi connectivity index (χ4v) is 2.50. The van der Waals surface area contributed by atoms with Crippen LogP contribution in [0.1, 0.15) is 26.7 Å². The van der Waals surface area contributed by atoms with Gasteiger partial charge in [-0.2, -0.15) is 0 Å². The van der Waals surface area contributed by atoms with Crippen LogP contribution >= 0.6 is 0 Å². The third kappa shape index (κ3) is 4.92. The van der Waals surface area contributed by atoms with Crippen molar-refractivity contribution in [1.82, 2.24) is 10.2 Å². The number of ether oxygens (including phenoxy) is 2. The fourth-order valence-electron chi connectivity index (χ4n) is 2.50. The molecule has 1 N–H and O–H groups in total. The van der Waals surface area contributed by atoms with Crippen molar-refractivity contribution >= 4 is 0 Å². The Bertz CT molecular complexity index is 198. The molecule has 1 heterocycles. The molecule has 17 heavy (non-hydrogen) atoms. The molecule has 4 nitrogen and oxygen atoms in total. The summed E-state index contributed by atoms with van der Waals surface area (Å²) in [4.78, 5) is 2.54. The third-order valence-corrected chi connectivity index (χ3v) is 3.83. The monoisotopic (exact) mass is 244 g/mol. The van der Waals surface area contributed by atoms with Crippen LogP contribution in [0.2, 0.25) is 0 Å². The van der Waals surface area contributed by atoms with E-state index in [1.165, 1.54) is 32.5 Å². The van der Waals surface area contributed by atoms with Crippen molar-refractivity contribution in [2.75, 3.05) is 40.4 Å². The molecule has 102 valence electrons. The number of methoxy groups -OCH3 is 2. The topological polar surface area (TPSA) is 33.7 Å². The Balaban J connectivity index is 2.28. The molecule has 2 atom stereocenters. The van der Waals surface area contributed by atoms with Gasteiger partial charge in [0.2, 0.25) is 0 Å². The number of rotatable bonds is 7. The number of piperidine rings is 1. The van der Waals surface area contributed by atoms with Crippen molar-refractivity contribution in [2.24, 2.45) is 5.92 Å². The summed E-state index contributed by atoms with van der Waals surface area (Å²) in [5.41, 5.74) is 0. The van der Waals surface area contributed by atoms with E-state index in [4.69, 9.17) is 9.47 Å². The second-order valence-electron chi connectivity index (χ2n) is 4.89. The first kappa shape index (κ1) is 14.9. The molecule has 0 aromatic heterocycles. The van der Waals surface area contributed by atoms with E-state index in [1.54, 1.807) is 14.2 Å². The van der Waals surface area contributed by atoms with Crippen LogP contribution in [0.4, 0.5) is 0 Å². The molecular formula is C13H28N2O2. The van der Waals surface area contributed by atoms with Gasteiger partial charge in [0.05, 0.1) is 0 Å². The lowest BCUT2D eigenvalue weighted by molar-refractivity contribution is -0.101. The summed E-state index contributed by atoms with van der Waals surface area (Å²) in [6, 6.07) is 0.525. The predicted octanol–water partition coefficient (Wildman–Crippen LogP) is 1.32. The van der Waals surface area contributed by atoms with E-state index in [0.29, 0.717) is 6.04 Å². The van der Waals surface area contributed by atoms with Gasteiger partial charge in [0.15, 0.2) is 6.29 Å². The van der Waals surface area contributed by atoms with E-state index in [9.17, 15) is 0 Å². The molecule has 0 saturated carbocycles. The van der Waals surface area contributed by atoms with Gasteiger partial charge in [-0.1, -0.05) is 6.92 Å². The van der Waals surface area contributed by atoms with Gasteiger partial charge in [-0.25, -0.2) is 0 Å². The minimum atomic E-state index is -0.136. The molecule has 0 aromatic rings. The first-order valence-electron chi connectivity index (χ1n) is 6.72. The number of nitrogens with zero attached hydrogens (tertiary/aromatic N) is 1. The standard InChI is InChI=1S/C13H28N2O2/c1-5-15-8-6-7-12(10-15)11(2)14-9-13(16-3)17-4/h11-14H,5-10H2,1-4H3. The highest BCUT2D eigenvalue weighted by Gasteiger charge is 2.23. The lowest BCUT2D eigenvalue weighted by Gasteiger charge is -2.35. The Labute approximate surface area is 106 Å². The van der Waals surface area contributed by atoms with Gasteiger partial charge in [0.25, 0.3) is 0 Å². The molecule has 1 saturated heterocycles. The molecule has 4 heteroatoms. The second kappa shape index (κ2) is 8.03. The maximum atomic E-state index is 5.18. The zero-order chi connectivity index (χ0) is 12.7. The van der Waals surface area contributed by atoms with Gasteiger partial charge in [0.1, 0.15) is 0 Å². The molecule has 1 aliphatic rings. The van der Waals surface area contributed by atoms with Crippen LogP contribution in [-0.4, -0.2) is 57.6 Å². The highest BCUT2D eigenvalue weighted by Crippen LogP contribution is 2.19. The largest absolute Gasteiger partial charge is 0.355 e. The van der Waals surface area contributed by atoms with Crippen LogP contribution in [0.15, 0.2) is 0 Å². The average molecular weight is 244 g/mol. The summed E-state index contributed by atoms with van der Waals surface area (Å²) >= 11 is 0. The second-order valence-corrected chi connectivity index (χ2v) is 4.89. The Hall–Kier alpha value is -0.160. The Morgan fingerprint density at radius 2 is 2.06 bits per heavy atom. The van der Waals surface area contributed by atoms with Crippen LogP contribution in [0.3, 0.4) is 0 Å². The maximum absolute atomic E-state index is 5.18. The molecule has 0 amide bonds. The van der Waals surface area contributed by atoms with Crippen molar-refractivity contribution in [1.29, 1.82) is 0 Å². The van der Waals surface area contributed by atoms with Crippen LogP contribution in [0, 0.1) is 5.92 Å². The van der Waals surface area contributed by atoms with Crippen molar-refractivity contribution in [3.63, 3.8) is 0 Å². The smallest absolute Gasteiger partial charge is 0.169 e. The zero-order valence-electron chi connectivity index (χ0n) is 11.7. The van der Waals surface area contributed by atoms with Crippen molar-refractivity contribution in [3.8, 4) is 0 Å². The normalized spacial score (nSPS) is 24.2. The molecule has 0 bridgehead atoms. The summed E-state index contributed by atoms with van der Waals surface area (Å²) < 4.78 is 10.4. The van der Waals surface area contributed by atoms with Crippen molar-refractivity contribution < 1.29 is 9.47 Å². The first-order chi connectivity index (χ1) is 8.21. The van der Waals surface area contributed by atoms with E-state index in [-0.39, 0.29) is 6.29 Å². The average Bonchev–Trinajstić information content (AvgIpc) is 2.39. The maximum Gasteiger partial charge on any atom is 0.169 e. The highest BCUT2D eigenvalue weighted by atomic mass is 16.7. The molecule has 2 unspecified atom stereocenters. The van der Waals surface area contributed by atoms with Gasteiger partial charge in [-0.3, -0.25) is 0 Å². The molecular weight excluding hydrogens is 216 g/mol.